The third-order valence-corrected chi connectivity index (χ3v) is 16.3. The standard InChI is InChI=1S/C28H32B2O4.C16H8Br2.C9H19BO3/c1-25(2)26(3,4)32-29(31-25)21-15-11-17-10-14-20-22(30-33-27(5,6)28(7,8)34-30)16-12-18-9-13-19(21)23(17)24(18)20;17-13-8-4-10-2-6-12-14(18)7-3-9-1-5-11(13)16(10)15(9)12;1-7(2)11-10-12-8(3,4)9(5,6)13-10/h9-16H,1-8H3;1-8H;7H,1-6H3. The molecule has 7 nitrogen and oxygen atoms in total. The van der Waals surface area contributed by atoms with Gasteiger partial charge in [0.2, 0.25) is 0 Å². The van der Waals surface area contributed by atoms with E-state index in [-0.39, 0.29) is 39.7 Å². The minimum atomic E-state index is -0.523. The van der Waals surface area contributed by atoms with Crippen LogP contribution in [0, 0.1) is 0 Å². The van der Waals surface area contributed by atoms with Gasteiger partial charge in [0.05, 0.1) is 33.6 Å². The molecular weight excluding hydrogens is 941 g/mol. The van der Waals surface area contributed by atoms with Crippen LogP contribution in [-0.4, -0.2) is 61.3 Å². The topological polar surface area (TPSA) is 64.6 Å². The Morgan fingerprint density at radius 3 is 0.954 bits per heavy atom. The Hall–Kier alpha value is -3.29. The van der Waals surface area contributed by atoms with Crippen LogP contribution in [0.15, 0.2) is 106 Å². The van der Waals surface area contributed by atoms with Crippen LogP contribution < -0.4 is 10.9 Å². The first kappa shape index (κ1) is 46.8. The van der Waals surface area contributed by atoms with Crippen molar-refractivity contribution in [3.63, 3.8) is 0 Å². The van der Waals surface area contributed by atoms with Gasteiger partial charge in [0.1, 0.15) is 0 Å². The van der Waals surface area contributed by atoms with Crippen molar-refractivity contribution in [2.24, 2.45) is 0 Å². The molecule has 0 radical (unpaired) electrons. The lowest BCUT2D eigenvalue weighted by Crippen LogP contribution is -2.41. The third-order valence-electron chi connectivity index (χ3n) is 14.9. The number of hydrogen-bond acceptors (Lipinski definition) is 7. The molecule has 0 saturated carbocycles. The monoisotopic (exact) mass is 998 g/mol. The van der Waals surface area contributed by atoms with Crippen LogP contribution in [0.2, 0.25) is 0 Å². The van der Waals surface area contributed by atoms with E-state index in [0.717, 1.165) is 19.9 Å². The molecule has 0 aromatic heterocycles. The zero-order chi connectivity index (χ0) is 46.8. The minimum absolute atomic E-state index is 0.120. The molecular formula is C53H59B3Br2O7. The van der Waals surface area contributed by atoms with E-state index in [1.165, 1.54) is 64.6 Å². The van der Waals surface area contributed by atoms with Gasteiger partial charge in [-0.25, -0.2) is 0 Å². The first-order valence-electron chi connectivity index (χ1n) is 22.8. The smallest absolute Gasteiger partial charge is 0.399 e. The summed E-state index contributed by atoms with van der Waals surface area (Å²) in [6, 6.07) is 34.9. The van der Waals surface area contributed by atoms with Crippen molar-refractivity contribution < 1.29 is 32.6 Å². The number of halogens is 2. The van der Waals surface area contributed by atoms with Crippen LogP contribution in [0.3, 0.4) is 0 Å². The van der Waals surface area contributed by atoms with Gasteiger partial charge in [0.25, 0.3) is 0 Å². The van der Waals surface area contributed by atoms with E-state index in [0.29, 0.717) is 0 Å². The molecule has 12 heteroatoms. The summed E-state index contributed by atoms with van der Waals surface area (Å²) in [5.41, 5.74) is 0.0103. The van der Waals surface area contributed by atoms with Crippen molar-refractivity contribution in [3.05, 3.63) is 106 Å². The van der Waals surface area contributed by atoms with Gasteiger partial charge >= 0.3 is 21.6 Å². The predicted octanol–water partition coefficient (Wildman–Crippen LogP) is 13.3. The largest absolute Gasteiger partial charge is 0.640 e. The second kappa shape index (κ2) is 16.2. The van der Waals surface area contributed by atoms with Crippen molar-refractivity contribution in [1.82, 2.24) is 0 Å². The SMILES string of the molecule is Brc1ccc2ccc3c(Br)ccc4ccc1c2c43.CC(C)OB1OC(C)(C)C(C)(C)O1.CC1(C)OB(c2ccc3ccc4c(B5OC(C)(C)C(C)(C)O5)ccc5ccc2c3c54)OC1(C)C. The molecule has 65 heavy (non-hydrogen) atoms. The maximum Gasteiger partial charge on any atom is 0.640 e. The molecule has 3 fully saturated rings. The fraction of sp³-hybridized carbons (Fsp3) is 0.396. The number of benzene rings is 8. The van der Waals surface area contributed by atoms with Gasteiger partial charge in [-0.2, -0.15) is 0 Å². The van der Waals surface area contributed by atoms with Crippen molar-refractivity contribution in [1.29, 1.82) is 0 Å². The average Bonchev–Trinajstić information content (AvgIpc) is 3.68. The summed E-state index contributed by atoms with van der Waals surface area (Å²) in [7, 11) is -1.33. The summed E-state index contributed by atoms with van der Waals surface area (Å²) in [5.74, 6) is 0. The highest BCUT2D eigenvalue weighted by Crippen LogP contribution is 2.43. The van der Waals surface area contributed by atoms with Gasteiger partial charge in [-0.05, 0) is 185 Å². The normalized spacial score (nSPS) is 20.5. The molecule has 0 amide bonds. The molecule has 0 N–H and O–H groups in total. The molecule has 3 heterocycles. The summed E-state index contributed by atoms with van der Waals surface area (Å²) in [4.78, 5) is 0. The van der Waals surface area contributed by atoms with Gasteiger partial charge in [-0.1, -0.05) is 117 Å². The molecule has 3 aliphatic heterocycles. The van der Waals surface area contributed by atoms with Crippen molar-refractivity contribution in [2.75, 3.05) is 0 Å². The van der Waals surface area contributed by atoms with E-state index in [4.69, 9.17) is 32.6 Å². The lowest BCUT2D eigenvalue weighted by molar-refractivity contribution is 0.00578. The van der Waals surface area contributed by atoms with E-state index < -0.39 is 21.6 Å². The molecule has 0 atom stereocenters. The molecule has 0 spiro atoms. The lowest BCUT2D eigenvalue weighted by atomic mass is 9.72. The van der Waals surface area contributed by atoms with Gasteiger partial charge in [0, 0.05) is 15.0 Å². The van der Waals surface area contributed by atoms with E-state index in [2.05, 4.69) is 184 Å². The molecule has 3 aliphatic rings. The fourth-order valence-electron chi connectivity index (χ4n) is 8.99. The highest BCUT2D eigenvalue weighted by atomic mass is 79.9. The van der Waals surface area contributed by atoms with E-state index >= 15 is 0 Å². The maximum atomic E-state index is 6.43. The van der Waals surface area contributed by atoms with Gasteiger partial charge in [0.15, 0.2) is 0 Å². The maximum absolute atomic E-state index is 6.43. The minimum Gasteiger partial charge on any atom is -0.399 e. The van der Waals surface area contributed by atoms with Crippen molar-refractivity contribution in [3.8, 4) is 0 Å². The molecule has 8 aromatic carbocycles. The Bertz CT molecular complexity index is 2860. The van der Waals surface area contributed by atoms with Crippen LogP contribution >= 0.6 is 31.9 Å². The molecule has 0 bridgehead atoms. The van der Waals surface area contributed by atoms with Crippen molar-refractivity contribution in [2.45, 2.75) is 137 Å². The predicted molar refractivity (Wildman–Crippen MR) is 279 cm³/mol. The number of hydrogen-bond donors (Lipinski definition) is 0. The third kappa shape index (κ3) is 8.00. The Balaban J connectivity index is 0.000000143. The number of rotatable bonds is 4. The highest BCUT2D eigenvalue weighted by molar-refractivity contribution is 9.11. The highest BCUT2D eigenvalue weighted by Gasteiger charge is 2.54. The Morgan fingerprint density at radius 1 is 0.369 bits per heavy atom. The summed E-state index contributed by atoms with van der Waals surface area (Å²) >= 11 is 7.30. The van der Waals surface area contributed by atoms with E-state index in [1.807, 2.05) is 41.5 Å². The Kier molecular flexibility index (Phi) is 11.6. The van der Waals surface area contributed by atoms with Crippen LogP contribution in [0.25, 0.3) is 64.6 Å². The fourth-order valence-corrected chi connectivity index (χ4v) is 9.92. The van der Waals surface area contributed by atoms with Gasteiger partial charge in [-0.15, -0.1) is 0 Å². The molecule has 336 valence electrons. The summed E-state index contributed by atoms with van der Waals surface area (Å²) in [5, 5.41) is 15.1. The van der Waals surface area contributed by atoms with Crippen molar-refractivity contribution >= 4 is 129 Å². The first-order valence-corrected chi connectivity index (χ1v) is 24.3. The second-order valence-corrected chi connectivity index (χ2v) is 22.9. The summed E-state index contributed by atoms with van der Waals surface area (Å²) in [6.07, 6.45) is 0.120. The van der Waals surface area contributed by atoms with Crippen LogP contribution in [-0.2, 0) is 32.6 Å². The molecule has 0 unspecified atom stereocenters. The van der Waals surface area contributed by atoms with Gasteiger partial charge in [-0.3, -0.25) is 0 Å². The Morgan fingerprint density at radius 2 is 0.631 bits per heavy atom. The first-order chi connectivity index (χ1) is 30.3. The van der Waals surface area contributed by atoms with Gasteiger partial charge < -0.3 is 32.6 Å². The van der Waals surface area contributed by atoms with E-state index in [9.17, 15) is 0 Å². The second-order valence-electron chi connectivity index (χ2n) is 21.2. The van der Waals surface area contributed by atoms with Crippen LogP contribution in [0.1, 0.15) is 96.9 Å². The quantitative estimate of drug-likeness (QED) is 0.129. The lowest BCUT2D eigenvalue weighted by Gasteiger charge is -2.32. The van der Waals surface area contributed by atoms with Crippen LogP contribution in [0.4, 0.5) is 0 Å². The summed E-state index contributed by atoms with van der Waals surface area (Å²) < 4.78 is 44.7. The Labute approximate surface area is 401 Å². The molecule has 0 aliphatic carbocycles. The van der Waals surface area contributed by atoms with Crippen LogP contribution in [0.5, 0.6) is 0 Å². The van der Waals surface area contributed by atoms with E-state index in [1.54, 1.807) is 0 Å². The summed E-state index contributed by atoms with van der Waals surface area (Å²) in [6.45, 7) is 28.7. The zero-order valence-corrected chi connectivity index (χ0v) is 43.3. The molecule has 3 saturated heterocycles. The average molecular weight is 1000 g/mol. The zero-order valence-electron chi connectivity index (χ0n) is 40.2. The molecule has 11 rings (SSSR count). The molecule has 8 aromatic rings.